The quantitative estimate of drug-likeness (QED) is 0.680. The first-order chi connectivity index (χ1) is 14.2. The lowest BCUT2D eigenvalue weighted by molar-refractivity contribution is 0.153. The van der Waals surface area contributed by atoms with Gasteiger partial charge in [0.2, 0.25) is 0 Å². The molecule has 29 heavy (non-hydrogen) atoms. The van der Waals surface area contributed by atoms with Crippen molar-refractivity contribution in [1.29, 1.82) is 0 Å². The van der Waals surface area contributed by atoms with Crippen molar-refractivity contribution in [3.63, 3.8) is 0 Å². The molecule has 0 saturated carbocycles. The molecule has 5 rings (SSSR count). The van der Waals surface area contributed by atoms with Crippen molar-refractivity contribution in [2.75, 3.05) is 26.1 Å². The Kier molecular flexibility index (Phi) is 4.44. The third-order valence-corrected chi connectivity index (χ3v) is 6.18. The van der Waals surface area contributed by atoms with Gasteiger partial charge in [0.25, 0.3) is 0 Å². The Morgan fingerprint density at radius 2 is 1.62 bits per heavy atom. The number of benzene rings is 3. The number of anilines is 1. The zero-order valence-electron chi connectivity index (χ0n) is 17.1. The van der Waals surface area contributed by atoms with Crippen LogP contribution < -0.4 is 14.8 Å². The van der Waals surface area contributed by atoms with Crippen molar-refractivity contribution in [3.05, 3.63) is 88.5 Å². The Hall–Kier alpha value is -2.98. The van der Waals surface area contributed by atoms with E-state index in [1.165, 1.54) is 33.5 Å². The topological polar surface area (TPSA) is 33.7 Å². The molecule has 3 aromatic carbocycles. The summed E-state index contributed by atoms with van der Waals surface area (Å²) in [6.07, 6.45) is 1.12. The molecule has 0 radical (unpaired) electrons. The average Bonchev–Trinajstić information content (AvgIpc) is 2.77. The van der Waals surface area contributed by atoms with Crippen molar-refractivity contribution in [3.8, 4) is 11.5 Å². The largest absolute Gasteiger partial charge is 0.493 e. The Bertz CT molecular complexity index is 1050. The number of hydrogen-bond donors (Lipinski definition) is 1. The summed E-state index contributed by atoms with van der Waals surface area (Å²) in [5, 5.41) is 3.78. The summed E-state index contributed by atoms with van der Waals surface area (Å²) in [5.41, 5.74) is 7.72. The van der Waals surface area contributed by atoms with Crippen LogP contribution in [0, 0.1) is 6.92 Å². The fraction of sp³-hybridized carbons (Fsp3) is 0.280. The normalized spacial score (nSPS) is 20.1. The molecule has 2 aliphatic rings. The number of rotatable bonds is 3. The van der Waals surface area contributed by atoms with Crippen LogP contribution in [0.5, 0.6) is 11.5 Å². The fourth-order valence-corrected chi connectivity index (χ4v) is 4.71. The zero-order valence-corrected chi connectivity index (χ0v) is 17.1. The second-order valence-corrected chi connectivity index (χ2v) is 7.84. The van der Waals surface area contributed by atoms with Crippen molar-refractivity contribution in [2.24, 2.45) is 0 Å². The van der Waals surface area contributed by atoms with E-state index in [1.54, 1.807) is 14.2 Å². The number of aryl methyl sites for hydroxylation is 1. The summed E-state index contributed by atoms with van der Waals surface area (Å²) in [4.78, 5) is 2.57. The minimum Gasteiger partial charge on any atom is -0.493 e. The molecule has 1 N–H and O–H groups in total. The van der Waals surface area contributed by atoms with Crippen LogP contribution in [-0.4, -0.2) is 25.7 Å². The average molecular weight is 386 g/mol. The highest BCUT2D eigenvalue weighted by Crippen LogP contribution is 2.48. The molecule has 4 nitrogen and oxygen atoms in total. The molecule has 4 heteroatoms. The minimum absolute atomic E-state index is 0.136. The van der Waals surface area contributed by atoms with Crippen LogP contribution in [0.3, 0.4) is 0 Å². The number of ether oxygens (including phenoxy) is 2. The summed E-state index contributed by atoms with van der Waals surface area (Å²) in [5.74, 6) is 1.59. The van der Waals surface area contributed by atoms with Crippen LogP contribution in [-0.2, 0) is 6.42 Å². The maximum atomic E-state index is 5.64. The summed E-state index contributed by atoms with van der Waals surface area (Å²) in [6.45, 7) is 3.11. The van der Waals surface area contributed by atoms with Gasteiger partial charge in [0.15, 0.2) is 11.5 Å². The van der Waals surface area contributed by atoms with Gasteiger partial charge >= 0.3 is 0 Å². The second kappa shape index (κ2) is 7.12. The Morgan fingerprint density at radius 1 is 0.897 bits per heavy atom. The van der Waals surface area contributed by atoms with Crippen molar-refractivity contribution in [2.45, 2.75) is 25.6 Å². The lowest BCUT2D eigenvalue weighted by Crippen LogP contribution is -2.45. The van der Waals surface area contributed by atoms with Gasteiger partial charge in [-0.05, 0) is 53.8 Å². The Labute approximate surface area is 172 Å². The van der Waals surface area contributed by atoms with E-state index in [0.717, 1.165) is 24.5 Å². The van der Waals surface area contributed by atoms with Crippen molar-refractivity contribution in [1.82, 2.24) is 4.90 Å². The minimum atomic E-state index is 0.136. The summed E-state index contributed by atoms with van der Waals surface area (Å²) in [6, 6.07) is 22.0. The van der Waals surface area contributed by atoms with Crippen molar-refractivity contribution >= 4 is 5.69 Å². The first kappa shape index (κ1) is 18.1. The molecule has 0 saturated heterocycles. The number of nitrogens with zero attached hydrogens (tertiary/aromatic N) is 1. The van der Waals surface area contributed by atoms with Gasteiger partial charge in [0.05, 0.1) is 20.3 Å². The summed E-state index contributed by atoms with van der Waals surface area (Å²) in [7, 11) is 3.41. The van der Waals surface area contributed by atoms with Crippen LogP contribution in [0.15, 0.2) is 60.7 Å². The van der Waals surface area contributed by atoms with Gasteiger partial charge in [0, 0.05) is 12.2 Å². The van der Waals surface area contributed by atoms with Gasteiger partial charge in [-0.3, -0.25) is 4.90 Å². The molecule has 2 aliphatic heterocycles. The molecule has 0 amide bonds. The van der Waals surface area contributed by atoms with Crippen molar-refractivity contribution < 1.29 is 9.47 Å². The van der Waals surface area contributed by atoms with Gasteiger partial charge in [-0.25, -0.2) is 0 Å². The van der Waals surface area contributed by atoms with Gasteiger partial charge in [-0.1, -0.05) is 48.0 Å². The lowest BCUT2D eigenvalue weighted by Gasteiger charge is -2.47. The summed E-state index contributed by atoms with van der Waals surface area (Å²) < 4.78 is 11.2. The molecule has 0 spiro atoms. The molecule has 0 fully saturated rings. The van der Waals surface area contributed by atoms with Gasteiger partial charge in [0.1, 0.15) is 6.17 Å². The molecule has 148 valence electrons. The van der Waals surface area contributed by atoms with Gasteiger partial charge in [-0.15, -0.1) is 0 Å². The van der Waals surface area contributed by atoms with Crippen LogP contribution >= 0.6 is 0 Å². The highest BCUT2D eigenvalue weighted by molar-refractivity contribution is 5.61. The SMILES string of the molecule is COc1cc2c(cc1OC)C1c3ccccc3NC(c3ccc(C)cc3)N1CC2. The van der Waals surface area contributed by atoms with E-state index in [2.05, 4.69) is 77.8 Å². The standard InChI is InChI=1S/C25H26N2O2/c1-16-8-10-17(11-9-16)25-26-21-7-5-4-6-19(21)24-20-15-23(29-3)22(28-2)14-18(20)12-13-27(24)25/h4-11,14-15,24-26H,12-13H2,1-3H3. The predicted octanol–water partition coefficient (Wildman–Crippen LogP) is 5.08. The molecule has 0 aliphatic carbocycles. The molecule has 2 heterocycles. The van der Waals surface area contributed by atoms with Crippen LogP contribution in [0.1, 0.15) is 40.0 Å². The zero-order chi connectivity index (χ0) is 20.0. The highest BCUT2D eigenvalue weighted by Gasteiger charge is 2.39. The number of fused-ring (bicyclic) bond motifs is 5. The third-order valence-electron chi connectivity index (χ3n) is 6.18. The number of nitrogens with one attached hydrogen (secondary N) is 1. The molecular weight excluding hydrogens is 360 g/mol. The third kappa shape index (κ3) is 2.95. The van der Waals surface area contributed by atoms with Crippen LogP contribution in [0.2, 0.25) is 0 Å². The van der Waals surface area contributed by atoms with E-state index in [9.17, 15) is 0 Å². The Morgan fingerprint density at radius 3 is 2.38 bits per heavy atom. The number of para-hydroxylation sites is 1. The molecule has 2 atom stereocenters. The predicted molar refractivity (Wildman–Crippen MR) is 116 cm³/mol. The van der Waals surface area contributed by atoms with Gasteiger partial charge < -0.3 is 14.8 Å². The van der Waals surface area contributed by atoms with E-state index in [0.29, 0.717) is 0 Å². The second-order valence-electron chi connectivity index (χ2n) is 7.84. The van der Waals surface area contributed by atoms with Gasteiger partial charge in [-0.2, -0.15) is 0 Å². The molecule has 2 unspecified atom stereocenters. The maximum Gasteiger partial charge on any atom is 0.161 e. The molecule has 0 aromatic heterocycles. The smallest absolute Gasteiger partial charge is 0.161 e. The molecule has 3 aromatic rings. The first-order valence-electron chi connectivity index (χ1n) is 10.1. The van der Waals surface area contributed by atoms with Crippen LogP contribution in [0.25, 0.3) is 0 Å². The Balaban J connectivity index is 1.67. The molecular formula is C25H26N2O2. The number of hydrogen-bond acceptors (Lipinski definition) is 4. The monoisotopic (exact) mass is 386 g/mol. The van der Waals surface area contributed by atoms with E-state index < -0.39 is 0 Å². The van der Waals surface area contributed by atoms with E-state index >= 15 is 0 Å². The maximum absolute atomic E-state index is 5.64. The fourth-order valence-electron chi connectivity index (χ4n) is 4.71. The highest BCUT2D eigenvalue weighted by atomic mass is 16.5. The summed E-state index contributed by atoms with van der Waals surface area (Å²) >= 11 is 0. The van der Waals surface area contributed by atoms with Crippen LogP contribution in [0.4, 0.5) is 5.69 Å². The van der Waals surface area contributed by atoms with E-state index in [1.807, 2.05) is 0 Å². The number of methoxy groups -OCH3 is 2. The van der Waals surface area contributed by atoms with E-state index in [-0.39, 0.29) is 12.2 Å². The van der Waals surface area contributed by atoms with E-state index in [4.69, 9.17) is 9.47 Å². The lowest BCUT2D eigenvalue weighted by atomic mass is 9.84. The molecule has 0 bridgehead atoms. The first-order valence-corrected chi connectivity index (χ1v) is 10.1.